The number of carboxylic acid groups (broad SMARTS) is 1. The fourth-order valence-electron chi connectivity index (χ4n) is 2.28. The molecule has 0 bridgehead atoms. The van der Waals surface area contributed by atoms with Crippen LogP contribution in [-0.2, 0) is 9.47 Å². The Bertz CT molecular complexity index is 1080. The predicted octanol–water partition coefficient (Wildman–Crippen LogP) is 0.684. The number of esters is 2. The van der Waals surface area contributed by atoms with Gasteiger partial charge in [0.1, 0.15) is 0 Å². The van der Waals surface area contributed by atoms with Crippen molar-refractivity contribution >= 4 is 29.6 Å². The average molecular weight is 416 g/mol. The number of hydrogen-bond donors (Lipinski definition) is 3. The van der Waals surface area contributed by atoms with Gasteiger partial charge in [0.15, 0.2) is 11.4 Å². The third-order valence-corrected chi connectivity index (χ3v) is 3.80. The quantitative estimate of drug-likeness (QED) is 0.508. The van der Waals surface area contributed by atoms with E-state index in [0.29, 0.717) is 5.56 Å². The van der Waals surface area contributed by atoms with Crippen molar-refractivity contribution in [3.05, 3.63) is 52.8 Å². The maximum Gasteiger partial charge on any atom is 0.356 e. The number of rotatable bonds is 4. The number of fused-ring (bicyclic) bond motifs is 1. The Kier molecular flexibility index (Phi) is 6.99. The molecule has 0 aliphatic rings. The van der Waals surface area contributed by atoms with Crippen LogP contribution < -0.4 is 11.5 Å². The van der Waals surface area contributed by atoms with Crippen LogP contribution in [0, 0.1) is 0 Å². The van der Waals surface area contributed by atoms with Crippen LogP contribution in [0.3, 0.4) is 0 Å². The lowest BCUT2D eigenvalue weighted by atomic mass is 10.1. The number of carbonyl (C=O) groups excluding carboxylic acids is 2. The first-order chi connectivity index (χ1) is 14.2. The van der Waals surface area contributed by atoms with Crippen molar-refractivity contribution in [3.63, 3.8) is 0 Å². The largest absolute Gasteiger partial charge is 0.477 e. The molecule has 1 atom stereocenters. The summed E-state index contributed by atoms with van der Waals surface area (Å²) in [7, 11) is 2.52. The number of nitrogens with zero attached hydrogens (tertiary/aromatic N) is 4. The first-order valence-electron chi connectivity index (χ1n) is 8.46. The van der Waals surface area contributed by atoms with Gasteiger partial charge in [-0.1, -0.05) is 12.1 Å². The molecule has 3 aromatic rings. The van der Waals surface area contributed by atoms with E-state index >= 15 is 0 Å². The van der Waals surface area contributed by atoms with E-state index in [0.717, 1.165) is 23.3 Å². The van der Waals surface area contributed by atoms with Gasteiger partial charge in [0.05, 0.1) is 19.8 Å². The highest BCUT2D eigenvalue weighted by Gasteiger charge is 2.19. The first-order valence-corrected chi connectivity index (χ1v) is 8.46. The molecule has 2 heterocycles. The number of aromatic nitrogens is 4. The summed E-state index contributed by atoms with van der Waals surface area (Å²) < 4.78 is 10.1. The number of carboxylic acids is 1. The topological polar surface area (TPSA) is 185 Å². The van der Waals surface area contributed by atoms with Crippen molar-refractivity contribution in [2.24, 2.45) is 5.73 Å². The second kappa shape index (κ2) is 9.43. The lowest BCUT2D eigenvalue weighted by Crippen LogP contribution is -2.13. The number of hydrogen-bond acceptors (Lipinski definition) is 10. The third-order valence-electron chi connectivity index (χ3n) is 3.80. The van der Waals surface area contributed by atoms with E-state index < -0.39 is 11.9 Å². The summed E-state index contributed by atoms with van der Waals surface area (Å²) in [6.07, 6.45) is 0. The molecule has 0 fully saturated rings. The van der Waals surface area contributed by atoms with E-state index in [1.54, 1.807) is 12.1 Å². The molecule has 0 aliphatic carbocycles. The van der Waals surface area contributed by atoms with Gasteiger partial charge in [-0.25, -0.2) is 19.4 Å². The van der Waals surface area contributed by atoms with Gasteiger partial charge in [0.2, 0.25) is 5.95 Å². The molecule has 1 aromatic carbocycles. The molecule has 0 spiro atoms. The van der Waals surface area contributed by atoms with Gasteiger partial charge in [-0.2, -0.15) is 9.50 Å². The minimum absolute atomic E-state index is 0.00769. The van der Waals surface area contributed by atoms with E-state index in [2.05, 4.69) is 24.5 Å². The van der Waals surface area contributed by atoms with Crippen LogP contribution >= 0.6 is 0 Å². The molecular formula is C18H20N6O6. The summed E-state index contributed by atoms with van der Waals surface area (Å²) in [4.78, 5) is 40.6. The van der Waals surface area contributed by atoms with E-state index in [9.17, 15) is 14.4 Å². The maximum atomic E-state index is 11.4. The van der Waals surface area contributed by atoms with Crippen molar-refractivity contribution in [1.29, 1.82) is 0 Å². The monoisotopic (exact) mass is 416 g/mol. The van der Waals surface area contributed by atoms with Gasteiger partial charge in [-0.3, -0.25) is 0 Å². The summed E-state index contributed by atoms with van der Waals surface area (Å²) >= 11 is 0. The average Bonchev–Trinajstić information content (AvgIpc) is 3.12. The van der Waals surface area contributed by atoms with Gasteiger partial charge in [-0.15, -0.1) is 5.10 Å². The van der Waals surface area contributed by atoms with Crippen LogP contribution in [0.1, 0.15) is 49.9 Å². The molecule has 3 rings (SSSR count). The van der Waals surface area contributed by atoms with Crippen LogP contribution in [0.15, 0.2) is 30.3 Å². The fraction of sp³-hybridized carbons (Fsp3) is 0.222. The minimum Gasteiger partial charge on any atom is -0.477 e. The highest BCUT2D eigenvalue weighted by atomic mass is 16.5. The summed E-state index contributed by atoms with van der Waals surface area (Å²) in [6.45, 7) is 1.90. The second-order valence-corrected chi connectivity index (χ2v) is 5.91. The van der Waals surface area contributed by atoms with Crippen LogP contribution in [0.2, 0.25) is 0 Å². The van der Waals surface area contributed by atoms with Gasteiger partial charge < -0.3 is 26.0 Å². The minimum atomic E-state index is -1.29. The number of nitrogen functional groups attached to an aromatic ring is 1. The van der Waals surface area contributed by atoms with Gasteiger partial charge in [0, 0.05) is 12.1 Å². The molecule has 0 radical (unpaired) electrons. The molecule has 2 aromatic heterocycles. The number of carbonyl (C=O) groups is 3. The molecule has 0 saturated heterocycles. The molecule has 30 heavy (non-hydrogen) atoms. The van der Waals surface area contributed by atoms with E-state index in [-0.39, 0.29) is 35.1 Å². The standard InChI is InChI=1S/C10H13NO2.C8H7N5O4/c1-7(11)8-3-5-9(6-4-8)10(12)13-2;1-17-6(16)4-2-3(5(14)15)10-8-11-7(9)12-13(4)8/h3-7H,11H2,1-2H3;2H,1H3,(H2,9,12)(H,14,15)/t7-;/m1./s1. The number of methoxy groups -OCH3 is 2. The SMILES string of the molecule is COC(=O)c1cc(C(=O)O)nc2nc(N)nn12.COC(=O)c1ccc([C@@H](C)N)cc1. The van der Waals surface area contributed by atoms with Crippen LogP contribution in [0.5, 0.6) is 0 Å². The zero-order valence-electron chi connectivity index (χ0n) is 16.4. The van der Waals surface area contributed by atoms with Crippen LogP contribution in [0.4, 0.5) is 5.95 Å². The molecule has 12 nitrogen and oxygen atoms in total. The zero-order valence-corrected chi connectivity index (χ0v) is 16.4. The zero-order chi connectivity index (χ0) is 22.4. The Labute approximate surface area is 170 Å². The Morgan fingerprint density at radius 1 is 1.07 bits per heavy atom. The summed E-state index contributed by atoms with van der Waals surface area (Å²) in [5.41, 5.74) is 12.1. The second-order valence-electron chi connectivity index (χ2n) is 5.91. The Balaban J connectivity index is 0.000000222. The summed E-state index contributed by atoms with van der Waals surface area (Å²) in [6, 6.07) is 8.12. The van der Waals surface area contributed by atoms with E-state index in [1.165, 1.54) is 7.11 Å². The normalized spacial score (nSPS) is 11.2. The van der Waals surface area contributed by atoms with E-state index in [1.807, 2.05) is 19.1 Å². The molecule has 0 saturated carbocycles. The lowest BCUT2D eigenvalue weighted by molar-refractivity contribution is 0.0585. The molecule has 0 amide bonds. The number of ether oxygens (including phenoxy) is 2. The van der Waals surface area contributed by atoms with Crippen molar-refractivity contribution < 1.29 is 29.0 Å². The van der Waals surface area contributed by atoms with Crippen LogP contribution in [-0.4, -0.2) is 56.8 Å². The fourth-order valence-corrected chi connectivity index (χ4v) is 2.28. The Morgan fingerprint density at radius 3 is 2.17 bits per heavy atom. The number of anilines is 1. The smallest absolute Gasteiger partial charge is 0.356 e. The molecule has 158 valence electrons. The molecular weight excluding hydrogens is 396 g/mol. The van der Waals surface area contributed by atoms with Crippen LogP contribution in [0.25, 0.3) is 5.78 Å². The molecule has 5 N–H and O–H groups in total. The lowest BCUT2D eigenvalue weighted by Gasteiger charge is -2.05. The molecule has 12 heteroatoms. The van der Waals surface area contributed by atoms with Gasteiger partial charge in [0.25, 0.3) is 5.78 Å². The highest BCUT2D eigenvalue weighted by Crippen LogP contribution is 2.11. The highest BCUT2D eigenvalue weighted by molar-refractivity contribution is 5.92. The van der Waals surface area contributed by atoms with Crippen molar-refractivity contribution in [2.75, 3.05) is 20.0 Å². The summed E-state index contributed by atoms with van der Waals surface area (Å²) in [5, 5.41) is 12.5. The Hall–Kier alpha value is -4.06. The van der Waals surface area contributed by atoms with E-state index in [4.69, 9.17) is 16.6 Å². The van der Waals surface area contributed by atoms with Gasteiger partial charge >= 0.3 is 17.9 Å². The maximum absolute atomic E-state index is 11.4. The number of nitrogens with two attached hydrogens (primary N) is 2. The number of benzene rings is 1. The molecule has 0 aliphatic heterocycles. The van der Waals surface area contributed by atoms with Gasteiger partial charge in [-0.05, 0) is 24.6 Å². The Morgan fingerprint density at radius 2 is 1.67 bits per heavy atom. The number of aromatic carboxylic acids is 1. The summed E-state index contributed by atoms with van der Waals surface area (Å²) in [5.74, 6) is -2.58. The first kappa shape index (κ1) is 22.2. The molecule has 0 unspecified atom stereocenters. The van der Waals surface area contributed by atoms with Crippen molar-refractivity contribution in [3.8, 4) is 0 Å². The van der Waals surface area contributed by atoms with Crippen molar-refractivity contribution in [1.82, 2.24) is 19.6 Å². The third kappa shape index (κ3) is 5.05. The van der Waals surface area contributed by atoms with Crippen molar-refractivity contribution in [2.45, 2.75) is 13.0 Å². The predicted molar refractivity (Wildman–Crippen MR) is 104 cm³/mol.